The number of carbonyl (C=O) groups is 2. The molecule has 0 heterocycles. The number of aliphatic hydroxyl groups excluding tert-OH is 2. The average Bonchev–Trinajstić information content (AvgIpc) is 3.16. The van der Waals surface area contributed by atoms with Crippen LogP contribution in [0, 0.1) is 0 Å². The van der Waals surface area contributed by atoms with Gasteiger partial charge >= 0.3 is 5.97 Å². The van der Waals surface area contributed by atoms with Gasteiger partial charge in [-0.05, 0) is 38.5 Å². The van der Waals surface area contributed by atoms with Gasteiger partial charge in [0.25, 0.3) is 0 Å². The molecule has 6 heteroatoms. The molecule has 0 aliphatic carbocycles. The van der Waals surface area contributed by atoms with Crippen molar-refractivity contribution < 1.29 is 24.5 Å². The van der Waals surface area contributed by atoms with Gasteiger partial charge in [0, 0.05) is 6.42 Å². The van der Waals surface area contributed by atoms with Gasteiger partial charge in [0.05, 0.1) is 25.2 Å². The Kier molecular flexibility index (Phi) is 39.8. The van der Waals surface area contributed by atoms with Crippen LogP contribution >= 0.6 is 0 Å². The summed E-state index contributed by atoms with van der Waals surface area (Å²) in [6, 6.07) is -0.722. The molecule has 0 radical (unpaired) electrons. The number of unbranched alkanes of at least 4 members (excludes halogenated alkanes) is 21. The molecular weight excluding hydrogens is 671 g/mol. The van der Waals surface area contributed by atoms with Gasteiger partial charge < -0.3 is 20.3 Å². The molecule has 0 aliphatic rings. The fourth-order valence-corrected chi connectivity index (χ4v) is 6.57. The van der Waals surface area contributed by atoms with Gasteiger partial charge in [-0.2, -0.15) is 0 Å². The van der Waals surface area contributed by atoms with E-state index in [-0.39, 0.29) is 24.9 Å². The first-order valence-electron chi connectivity index (χ1n) is 22.6. The molecule has 0 aromatic carbocycles. The Balaban J connectivity index is 4.72. The number of carbonyl (C=O) groups excluding carboxylic acids is 2. The Morgan fingerprint density at radius 3 is 1.48 bits per heavy atom. The number of ether oxygens (including phenoxy) is 1. The smallest absolute Gasteiger partial charge is 0.306 e. The Hall–Kier alpha value is -2.44. The zero-order valence-corrected chi connectivity index (χ0v) is 35.3. The van der Waals surface area contributed by atoms with Crippen LogP contribution in [0.4, 0.5) is 0 Å². The molecule has 3 unspecified atom stereocenters. The molecule has 0 aromatic heterocycles. The van der Waals surface area contributed by atoms with E-state index < -0.39 is 18.2 Å². The molecule has 54 heavy (non-hydrogen) atoms. The number of hydrogen-bond acceptors (Lipinski definition) is 5. The lowest BCUT2D eigenvalue weighted by molar-refractivity contribution is -0.151. The SMILES string of the molecule is CC/C=C/C=C/C=C\C=C/C=C/CCCC(CC(=O)NC(CO)C(O)CCCCCCCCCCCCCC)OC(=O)CCCCCCCCCCCC. The molecule has 6 nitrogen and oxygen atoms in total. The highest BCUT2D eigenvalue weighted by molar-refractivity contribution is 5.77. The van der Waals surface area contributed by atoms with Gasteiger partial charge in [-0.25, -0.2) is 0 Å². The molecule has 0 bridgehead atoms. The van der Waals surface area contributed by atoms with Crippen LogP contribution in [0.15, 0.2) is 60.8 Å². The molecule has 0 aliphatic heterocycles. The van der Waals surface area contributed by atoms with E-state index in [2.05, 4.69) is 38.2 Å². The maximum absolute atomic E-state index is 13.1. The molecule has 0 aromatic rings. The van der Waals surface area contributed by atoms with Crippen molar-refractivity contribution in [3.63, 3.8) is 0 Å². The molecule has 0 fully saturated rings. The lowest BCUT2D eigenvalue weighted by Crippen LogP contribution is -2.46. The average molecular weight is 756 g/mol. The second kappa shape index (κ2) is 41.7. The highest BCUT2D eigenvalue weighted by Crippen LogP contribution is 2.17. The van der Waals surface area contributed by atoms with Gasteiger partial charge in [-0.1, -0.05) is 216 Å². The quantitative estimate of drug-likeness (QED) is 0.0330. The zero-order valence-electron chi connectivity index (χ0n) is 35.3. The van der Waals surface area contributed by atoms with Gasteiger partial charge in [0.2, 0.25) is 5.91 Å². The van der Waals surface area contributed by atoms with E-state index >= 15 is 0 Å². The first kappa shape index (κ1) is 51.6. The fraction of sp³-hybridized carbons (Fsp3) is 0.750. The van der Waals surface area contributed by atoms with E-state index in [0.29, 0.717) is 19.3 Å². The van der Waals surface area contributed by atoms with E-state index in [1.54, 1.807) is 0 Å². The normalized spacial score (nSPS) is 13.9. The van der Waals surface area contributed by atoms with E-state index in [1.807, 2.05) is 48.6 Å². The number of nitrogens with one attached hydrogen (secondary N) is 1. The summed E-state index contributed by atoms with van der Waals surface area (Å²) >= 11 is 0. The molecule has 312 valence electrons. The Morgan fingerprint density at radius 2 is 1.00 bits per heavy atom. The summed E-state index contributed by atoms with van der Waals surface area (Å²) in [7, 11) is 0. The summed E-state index contributed by atoms with van der Waals surface area (Å²) < 4.78 is 5.85. The number of amides is 1. The predicted molar refractivity (Wildman–Crippen MR) is 232 cm³/mol. The van der Waals surface area contributed by atoms with Crippen molar-refractivity contribution >= 4 is 11.9 Å². The van der Waals surface area contributed by atoms with Crippen molar-refractivity contribution in [3.8, 4) is 0 Å². The molecule has 0 saturated carbocycles. The van der Waals surface area contributed by atoms with Crippen LogP contribution in [0.2, 0.25) is 0 Å². The summed E-state index contributed by atoms with van der Waals surface area (Å²) in [4.78, 5) is 25.9. The number of aliphatic hydroxyl groups is 2. The van der Waals surface area contributed by atoms with Crippen LogP contribution < -0.4 is 5.32 Å². The number of allylic oxidation sites excluding steroid dienone is 10. The Labute approximate surface area is 333 Å². The fourth-order valence-electron chi connectivity index (χ4n) is 6.57. The molecule has 1 amide bonds. The van der Waals surface area contributed by atoms with Crippen molar-refractivity contribution in [2.45, 2.75) is 225 Å². The Morgan fingerprint density at radius 1 is 0.556 bits per heavy atom. The molecule has 0 spiro atoms. The van der Waals surface area contributed by atoms with Gasteiger partial charge in [-0.15, -0.1) is 0 Å². The van der Waals surface area contributed by atoms with Crippen molar-refractivity contribution in [1.29, 1.82) is 0 Å². The second-order valence-corrected chi connectivity index (χ2v) is 15.2. The van der Waals surface area contributed by atoms with E-state index in [9.17, 15) is 19.8 Å². The lowest BCUT2D eigenvalue weighted by Gasteiger charge is -2.24. The summed E-state index contributed by atoms with van der Waals surface area (Å²) in [6.07, 6.45) is 50.0. The van der Waals surface area contributed by atoms with Crippen molar-refractivity contribution in [1.82, 2.24) is 5.32 Å². The standard InChI is InChI=1S/C48H85NO5/c1-4-7-10-13-16-19-22-24-25-27-30-33-36-39-44(54-48(53)41-38-35-32-29-21-18-15-12-9-6-3)42-47(52)49-45(43-50)46(51)40-37-34-31-28-26-23-20-17-14-11-8-5-2/h7,10,13,16,19,22,24-25,27,30,44-46,50-51H,4-6,8-9,11-12,14-15,17-18,20-21,23,26,28-29,31-43H2,1-3H3,(H,49,52)/b10-7+,16-13+,22-19-,25-24-,30-27+. The molecule has 3 N–H and O–H groups in total. The molecule has 0 saturated heterocycles. The number of esters is 1. The molecule has 0 rings (SSSR count). The first-order chi connectivity index (χ1) is 26.5. The first-order valence-corrected chi connectivity index (χ1v) is 22.6. The van der Waals surface area contributed by atoms with Crippen molar-refractivity contribution in [3.05, 3.63) is 60.8 Å². The van der Waals surface area contributed by atoms with Crippen LogP contribution in [-0.4, -0.2) is 46.9 Å². The minimum Gasteiger partial charge on any atom is -0.462 e. The zero-order chi connectivity index (χ0) is 39.6. The topological polar surface area (TPSA) is 95.9 Å². The van der Waals surface area contributed by atoms with Crippen molar-refractivity contribution in [2.24, 2.45) is 0 Å². The highest BCUT2D eigenvalue weighted by Gasteiger charge is 2.24. The third-order valence-corrected chi connectivity index (χ3v) is 9.99. The minimum absolute atomic E-state index is 0.0287. The summed E-state index contributed by atoms with van der Waals surface area (Å²) in [5.41, 5.74) is 0. The highest BCUT2D eigenvalue weighted by atomic mass is 16.5. The van der Waals surface area contributed by atoms with Crippen molar-refractivity contribution in [2.75, 3.05) is 6.61 Å². The van der Waals surface area contributed by atoms with E-state index in [1.165, 1.54) is 103 Å². The van der Waals surface area contributed by atoms with Gasteiger partial charge in [-0.3, -0.25) is 9.59 Å². The molecule has 3 atom stereocenters. The maximum atomic E-state index is 13.1. The monoisotopic (exact) mass is 756 g/mol. The van der Waals surface area contributed by atoms with E-state index in [0.717, 1.165) is 57.8 Å². The third kappa shape index (κ3) is 36.5. The summed E-state index contributed by atoms with van der Waals surface area (Å²) in [5.74, 6) is -0.549. The predicted octanol–water partition coefficient (Wildman–Crippen LogP) is 12.9. The van der Waals surface area contributed by atoms with Crippen LogP contribution in [0.3, 0.4) is 0 Å². The summed E-state index contributed by atoms with van der Waals surface area (Å²) in [5, 5.41) is 23.6. The van der Waals surface area contributed by atoms with Crippen LogP contribution in [0.1, 0.15) is 207 Å². The van der Waals surface area contributed by atoms with Crippen LogP contribution in [0.5, 0.6) is 0 Å². The Bertz CT molecular complexity index is 984. The largest absolute Gasteiger partial charge is 0.462 e. The van der Waals surface area contributed by atoms with Gasteiger partial charge in [0.15, 0.2) is 0 Å². The lowest BCUT2D eigenvalue weighted by atomic mass is 10.0. The third-order valence-electron chi connectivity index (χ3n) is 9.99. The minimum atomic E-state index is -0.804. The number of rotatable bonds is 39. The number of hydrogen-bond donors (Lipinski definition) is 3. The van der Waals surface area contributed by atoms with E-state index in [4.69, 9.17) is 4.74 Å². The van der Waals surface area contributed by atoms with Crippen LogP contribution in [0.25, 0.3) is 0 Å². The molecular formula is C48H85NO5. The van der Waals surface area contributed by atoms with Crippen LogP contribution in [-0.2, 0) is 14.3 Å². The summed E-state index contributed by atoms with van der Waals surface area (Å²) in [6.45, 7) is 6.28. The van der Waals surface area contributed by atoms with Gasteiger partial charge in [0.1, 0.15) is 6.10 Å². The second-order valence-electron chi connectivity index (χ2n) is 15.2. The maximum Gasteiger partial charge on any atom is 0.306 e.